The first-order chi connectivity index (χ1) is 30.5. The lowest BCUT2D eigenvalue weighted by molar-refractivity contribution is -0.166. The normalized spacial score (nSPS) is 12.9. The van der Waals surface area contributed by atoms with Gasteiger partial charge in [-0.2, -0.15) is 0 Å². The maximum Gasteiger partial charge on any atom is 0.306 e. The first kappa shape index (κ1) is 58.3. The minimum Gasteiger partial charge on any atom is -0.462 e. The maximum atomic E-state index is 12.8. The Morgan fingerprint density at radius 1 is 0.339 bits per heavy atom. The number of hydrogen-bond donors (Lipinski definition) is 0. The highest BCUT2D eigenvalue weighted by atomic mass is 16.6. The standard InChI is InChI=1S/C56H92O6/c1-4-7-10-13-16-19-22-25-27-29-31-34-37-40-43-46-49-55(58)61-52-53(51-60-54(57)48-45-42-39-36-33-30-24-21-18-15-12-9-6-3)62-56(59)50-47-44-41-38-35-32-28-26-23-20-17-14-11-8-5-2/h7,10,16,19-20,23,25,27,30-31,33-34,39-40,42-43,53H,4-6,8-9,11-15,17-18,21-22,24,26,28-29,32,35-38,41,44-52H2,1-3H3/b10-7+,19-16+,23-20+,27-25+,33-30+,34-31+,42-39+,43-40+. The fourth-order valence-electron chi connectivity index (χ4n) is 6.54. The van der Waals surface area contributed by atoms with E-state index >= 15 is 0 Å². The molecule has 0 heterocycles. The van der Waals surface area contributed by atoms with Crippen molar-refractivity contribution in [1.29, 1.82) is 0 Å². The molecule has 6 heteroatoms. The van der Waals surface area contributed by atoms with Crippen LogP contribution in [0.4, 0.5) is 0 Å². The fourth-order valence-corrected chi connectivity index (χ4v) is 6.54. The molecule has 0 fully saturated rings. The van der Waals surface area contributed by atoms with E-state index in [1.165, 1.54) is 103 Å². The molecule has 1 atom stereocenters. The van der Waals surface area contributed by atoms with E-state index in [1.54, 1.807) is 0 Å². The number of allylic oxidation sites excluding steroid dienone is 16. The van der Waals surface area contributed by atoms with E-state index in [9.17, 15) is 14.4 Å². The van der Waals surface area contributed by atoms with Gasteiger partial charge < -0.3 is 14.2 Å². The van der Waals surface area contributed by atoms with Crippen molar-refractivity contribution in [3.8, 4) is 0 Å². The van der Waals surface area contributed by atoms with Gasteiger partial charge in [0, 0.05) is 19.3 Å². The average molecular weight is 861 g/mol. The maximum absolute atomic E-state index is 12.8. The summed E-state index contributed by atoms with van der Waals surface area (Å²) in [6.45, 7) is 6.37. The van der Waals surface area contributed by atoms with E-state index in [-0.39, 0.29) is 44.0 Å². The fraction of sp³-hybridized carbons (Fsp3) is 0.661. The van der Waals surface area contributed by atoms with Gasteiger partial charge in [0.25, 0.3) is 0 Å². The third-order valence-electron chi connectivity index (χ3n) is 10.3. The summed E-state index contributed by atoms with van der Waals surface area (Å²) in [6.07, 6.45) is 65.6. The molecule has 0 radical (unpaired) electrons. The summed E-state index contributed by atoms with van der Waals surface area (Å²) in [7, 11) is 0. The van der Waals surface area contributed by atoms with E-state index in [0.717, 1.165) is 64.2 Å². The minimum atomic E-state index is -0.832. The molecule has 6 nitrogen and oxygen atoms in total. The van der Waals surface area contributed by atoms with Crippen molar-refractivity contribution in [2.24, 2.45) is 0 Å². The van der Waals surface area contributed by atoms with Crippen LogP contribution in [0, 0.1) is 0 Å². The smallest absolute Gasteiger partial charge is 0.306 e. The van der Waals surface area contributed by atoms with Gasteiger partial charge >= 0.3 is 17.9 Å². The Kier molecular flexibility index (Phi) is 47.0. The highest BCUT2D eigenvalue weighted by molar-refractivity contribution is 5.71. The van der Waals surface area contributed by atoms with Crippen molar-refractivity contribution >= 4 is 17.9 Å². The SMILES string of the molecule is CC/C=C/C/C=C/C/C=C/C/C=C/C/C=C/CCC(=O)OCC(COC(=O)CC/C=C/C/C=C/CCCCCCCC)OC(=O)CCCCCCCCC/C=C/CCCCCC. The number of rotatable bonds is 44. The highest BCUT2D eigenvalue weighted by Gasteiger charge is 2.19. The van der Waals surface area contributed by atoms with Gasteiger partial charge in [-0.05, 0) is 96.3 Å². The second kappa shape index (κ2) is 50.0. The second-order valence-electron chi connectivity index (χ2n) is 16.3. The van der Waals surface area contributed by atoms with Gasteiger partial charge in [0.05, 0.1) is 0 Å². The number of esters is 3. The van der Waals surface area contributed by atoms with Crippen LogP contribution < -0.4 is 0 Å². The summed E-state index contributed by atoms with van der Waals surface area (Å²) in [4.78, 5) is 37.9. The molecular weight excluding hydrogens is 769 g/mol. The van der Waals surface area contributed by atoms with Gasteiger partial charge in [-0.15, -0.1) is 0 Å². The van der Waals surface area contributed by atoms with Crippen LogP contribution in [0.2, 0.25) is 0 Å². The first-order valence-electron chi connectivity index (χ1n) is 25.2. The van der Waals surface area contributed by atoms with Crippen molar-refractivity contribution in [3.05, 3.63) is 97.2 Å². The summed E-state index contributed by atoms with van der Waals surface area (Å²) in [5, 5.41) is 0. The van der Waals surface area contributed by atoms with Crippen molar-refractivity contribution < 1.29 is 28.6 Å². The molecule has 0 aromatic carbocycles. The molecule has 0 bridgehead atoms. The predicted molar refractivity (Wildman–Crippen MR) is 265 cm³/mol. The molecular formula is C56H92O6. The van der Waals surface area contributed by atoms with Crippen LogP contribution in [-0.2, 0) is 28.6 Å². The number of carbonyl (C=O) groups is 3. The molecule has 352 valence electrons. The quantitative estimate of drug-likeness (QED) is 0.0263. The summed E-state index contributed by atoms with van der Waals surface area (Å²) in [5.41, 5.74) is 0. The molecule has 0 N–H and O–H groups in total. The largest absolute Gasteiger partial charge is 0.462 e. The van der Waals surface area contributed by atoms with Crippen LogP contribution in [0.1, 0.15) is 220 Å². The topological polar surface area (TPSA) is 78.9 Å². The predicted octanol–water partition coefficient (Wildman–Crippen LogP) is 16.6. The van der Waals surface area contributed by atoms with E-state index in [1.807, 2.05) is 18.2 Å². The van der Waals surface area contributed by atoms with E-state index in [0.29, 0.717) is 19.3 Å². The van der Waals surface area contributed by atoms with Crippen LogP contribution in [0.25, 0.3) is 0 Å². The molecule has 62 heavy (non-hydrogen) atoms. The van der Waals surface area contributed by atoms with Crippen LogP contribution in [0.15, 0.2) is 97.2 Å². The average Bonchev–Trinajstić information content (AvgIpc) is 3.27. The molecule has 0 aliphatic heterocycles. The van der Waals surface area contributed by atoms with Gasteiger partial charge in [0.15, 0.2) is 6.10 Å². The molecule has 1 unspecified atom stereocenters. The lowest BCUT2D eigenvalue weighted by atomic mass is 10.1. The Bertz CT molecular complexity index is 1260. The van der Waals surface area contributed by atoms with Crippen molar-refractivity contribution in [3.63, 3.8) is 0 Å². The molecule has 0 saturated heterocycles. The molecule has 0 amide bonds. The molecule has 0 saturated carbocycles. The Labute approximate surface area is 381 Å². The Morgan fingerprint density at radius 3 is 1.08 bits per heavy atom. The summed E-state index contributed by atoms with van der Waals surface area (Å²) in [6, 6.07) is 0. The van der Waals surface area contributed by atoms with E-state index in [4.69, 9.17) is 14.2 Å². The minimum absolute atomic E-state index is 0.133. The third-order valence-corrected chi connectivity index (χ3v) is 10.3. The Balaban J connectivity index is 4.57. The number of unbranched alkanes of at least 4 members (excludes halogenated alkanes) is 17. The third kappa shape index (κ3) is 47.4. The van der Waals surface area contributed by atoms with Gasteiger partial charge in [-0.3, -0.25) is 14.4 Å². The highest BCUT2D eigenvalue weighted by Crippen LogP contribution is 2.13. The lowest BCUT2D eigenvalue weighted by Crippen LogP contribution is -2.30. The summed E-state index contributed by atoms with van der Waals surface area (Å²) < 4.78 is 16.6. The zero-order valence-corrected chi connectivity index (χ0v) is 40.1. The van der Waals surface area contributed by atoms with Gasteiger partial charge in [0.1, 0.15) is 13.2 Å². The summed E-state index contributed by atoms with van der Waals surface area (Å²) in [5.74, 6) is -1.09. The van der Waals surface area contributed by atoms with Crippen LogP contribution in [-0.4, -0.2) is 37.2 Å². The van der Waals surface area contributed by atoms with Crippen molar-refractivity contribution in [1.82, 2.24) is 0 Å². The number of hydrogen-bond acceptors (Lipinski definition) is 6. The lowest BCUT2D eigenvalue weighted by Gasteiger charge is -2.18. The van der Waals surface area contributed by atoms with Crippen molar-refractivity contribution in [2.75, 3.05) is 13.2 Å². The molecule has 0 rings (SSSR count). The van der Waals surface area contributed by atoms with Crippen LogP contribution in [0.5, 0.6) is 0 Å². The Hall–Kier alpha value is -3.67. The first-order valence-corrected chi connectivity index (χ1v) is 25.2. The van der Waals surface area contributed by atoms with Gasteiger partial charge in [0.2, 0.25) is 0 Å². The summed E-state index contributed by atoms with van der Waals surface area (Å²) >= 11 is 0. The molecule has 0 aliphatic carbocycles. The van der Waals surface area contributed by atoms with E-state index < -0.39 is 6.10 Å². The zero-order chi connectivity index (χ0) is 45.1. The zero-order valence-electron chi connectivity index (χ0n) is 40.1. The number of ether oxygens (including phenoxy) is 3. The Morgan fingerprint density at radius 2 is 0.661 bits per heavy atom. The molecule has 0 spiro atoms. The molecule has 0 aromatic heterocycles. The van der Waals surface area contributed by atoms with Gasteiger partial charge in [-0.1, -0.05) is 201 Å². The monoisotopic (exact) mass is 861 g/mol. The van der Waals surface area contributed by atoms with Crippen LogP contribution in [0.3, 0.4) is 0 Å². The second-order valence-corrected chi connectivity index (χ2v) is 16.3. The van der Waals surface area contributed by atoms with Crippen LogP contribution >= 0.6 is 0 Å². The van der Waals surface area contributed by atoms with Gasteiger partial charge in [-0.25, -0.2) is 0 Å². The molecule has 0 aromatic rings. The van der Waals surface area contributed by atoms with Crippen molar-refractivity contribution in [2.45, 2.75) is 226 Å². The molecule has 0 aliphatic rings. The number of carbonyl (C=O) groups excluding carboxylic acids is 3. The van der Waals surface area contributed by atoms with E-state index in [2.05, 4.69) is 99.8 Å².